The lowest BCUT2D eigenvalue weighted by molar-refractivity contribution is 0.250. The van der Waals surface area contributed by atoms with E-state index < -0.39 is 0 Å². The molecule has 1 rings (SSSR count). The van der Waals surface area contributed by atoms with Gasteiger partial charge in [0.05, 0.1) is 13.2 Å². The van der Waals surface area contributed by atoms with Gasteiger partial charge in [-0.3, -0.25) is 4.90 Å². The van der Waals surface area contributed by atoms with Gasteiger partial charge in [0.15, 0.2) is 0 Å². The van der Waals surface area contributed by atoms with E-state index in [0.29, 0.717) is 6.04 Å². The number of nitrogens with zero attached hydrogens (tertiary/aromatic N) is 1. The summed E-state index contributed by atoms with van der Waals surface area (Å²) in [5.41, 5.74) is 1.05. The Balaban J connectivity index is 2.80. The molecule has 2 heteroatoms. The van der Waals surface area contributed by atoms with Gasteiger partial charge in [-0.15, -0.1) is 0 Å². The molecular weight excluding hydrogens is 234 g/mol. The van der Waals surface area contributed by atoms with Crippen LogP contribution < -0.4 is 4.74 Å². The average Bonchev–Trinajstić information content (AvgIpc) is 2.46. The first kappa shape index (κ1) is 15.6. The van der Waals surface area contributed by atoms with E-state index in [0.717, 1.165) is 30.8 Å². The molecule has 104 valence electrons. The lowest BCUT2D eigenvalue weighted by Crippen LogP contribution is -2.33. The van der Waals surface area contributed by atoms with Gasteiger partial charge >= 0.3 is 0 Å². The van der Waals surface area contributed by atoms with Crippen molar-refractivity contribution in [1.82, 2.24) is 4.90 Å². The number of hydrogen-bond donors (Lipinski definition) is 0. The van der Waals surface area contributed by atoms with Crippen molar-refractivity contribution in [1.29, 1.82) is 0 Å². The van der Waals surface area contributed by atoms with Crippen LogP contribution in [0, 0.1) is 11.8 Å². The third kappa shape index (κ3) is 4.96. The Morgan fingerprint density at radius 3 is 2.21 bits per heavy atom. The fourth-order valence-electron chi connectivity index (χ4n) is 2.12. The highest BCUT2D eigenvalue weighted by molar-refractivity contribution is 5.39. The minimum absolute atomic E-state index is 0.363. The van der Waals surface area contributed by atoms with E-state index in [1.165, 1.54) is 6.42 Å². The lowest BCUT2D eigenvalue weighted by atomic mass is 10.1. The van der Waals surface area contributed by atoms with Crippen molar-refractivity contribution in [3.05, 3.63) is 29.8 Å². The van der Waals surface area contributed by atoms with E-state index in [2.05, 4.69) is 37.5 Å². The third-order valence-electron chi connectivity index (χ3n) is 3.29. The molecule has 0 amide bonds. The quantitative estimate of drug-likeness (QED) is 0.724. The highest BCUT2D eigenvalue weighted by atomic mass is 16.5. The molecule has 0 aliphatic heterocycles. The highest BCUT2D eigenvalue weighted by Crippen LogP contribution is 2.11. The van der Waals surface area contributed by atoms with Gasteiger partial charge < -0.3 is 4.74 Å². The fourth-order valence-corrected chi connectivity index (χ4v) is 2.12. The Hall–Kier alpha value is -1.46. The van der Waals surface area contributed by atoms with Gasteiger partial charge in [-0.05, 0) is 43.8 Å². The highest BCUT2D eigenvalue weighted by Gasteiger charge is 2.11. The summed E-state index contributed by atoms with van der Waals surface area (Å²) in [5, 5.41) is 0. The zero-order valence-electron chi connectivity index (χ0n) is 12.6. The largest absolute Gasteiger partial charge is 0.497 e. The van der Waals surface area contributed by atoms with Crippen molar-refractivity contribution in [2.45, 2.75) is 39.7 Å². The standard InChI is InChI=1S/C17H25NO/c1-5-8-16(18(6-2)7-3)12-9-15-10-13-17(19-4)14-11-15/h10-11,13-14,16H,5-8H2,1-4H3. The molecule has 0 spiro atoms. The summed E-state index contributed by atoms with van der Waals surface area (Å²) in [4.78, 5) is 2.42. The second-order valence-electron chi connectivity index (χ2n) is 4.52. The molecule has 0 aromatic heterocycles. The van der Waals surface area contributed by atoms with E-state index in [1.807, 2.05) is 24.3 Å². The average molecular weight is 259 g/mol. The van der Waals surface area contributed by atoms with Crippen molar-refractivity contribution in [3.8, 4) is 17.6 Å². The van der Waals surface area contributed by atoms with Crippen molar-refractivity contribution in [2.75, 3.05) is 20.2 Å². The Kier molecular flexibility index (Phi) is 7.07. The van der Waals surface area contributed by atoms with Crippen LogP contribution in [0.3, 0.4) is 0 Å². The number of methoxy groups -OCH3 is 1. The summed E-state index contributed by atoms with van der Waals surface area (Å²) in [5.74, 6) is 7.57. The van der Waals surface area contributed by atoms with E-state index in [9.17, 15) is 0 Å². The maximum absolute atomic E-state index is 5.15. The molecule has 0 saturated heterocycles. The Morgan fingerprint density at radius 2 is 1.74 bits per heavy atom. The summed E-state index contributed by atoms with van der Waals surface area (Å²) < 4.78 is 5.15. The number of benzene rings is 1. The van der Waals surface area contributed by atoms with Crippen LogP contribution in [0.1, 0.15) is 39.2 Å². The Labute approximate surface area is 117 Å². The van der Waals surface area contributed by atoms with Crippen molar-refractivity contribution in [3.63, 3.8) is 0 Å². The van der Waals surface area contributed by atoms with E-state index >= 15 is 0 Å². The number of rotatable bonds is 6. The van der Waals surface area contributed by atoms with Crippen LogP contribution in [0.15, 0.2) is 24.3 Å². The second-order valence-corrected chi connectivity index (χ2v) is 4.52. The molecule has 19 heavy (non-hydrogen) atoms. The minimum Gasteiger partial charge on any atom is -0.497 e. The molecule has 0 saturated carbocycles. The van der Waals surface area contributed by atoms with Crippen LogP contribution in [0.2, 0.25) is 0 Å². The van der Waals surface area contributed by atoms with E-state index in [-0.39, 0.29) is 0 Å². The predicted molar refractivity (Wildman–Crippen MR) is 81.5 cm³/mol. The van der Waals surface area contributed by atoms with Gasteiger partial charge in [0.2, 0.25) is 0 Å². The van der Waals surface area contributed by atoms with Crippen LogP contribution in [0.4, 0.5) is 0 Å². The molecule has 0 heterocycles. The van der Waals surface area contributed by atoms with Gasteiger partial charge in [-0.25, -0.2) is 0 Å². The van der Waals surface area contributed by atoms with E-state index in [1.54, 1.807) is 7.11 Å². The van der Waals surface area contributed by atoms with Crippen LogP contribution in [-0.4, -0.2) is 31.1 Å². The summed E-state index contributed by atoms with van der Waals surface area (Å²) >= 11 is 0. The first-order valence-electron chi connectivity index (χ1n) is 7.14. The SMILES string of the molecule is CCCC(C#Cc1ccc(OC)cc1)N(CC)CC. The Morgan fingerprint density at radius 1 is 1.11 bits per heavy atom. The molecule has 0 N–H and O–H groups in total. The predicted octanol–water partition coefficient (Wildman–Crippen LogP) is 3.56. The van der Waals surface area contributed by atoms with Gasteiger partial charge in [-0.2, -0.15) is 0 Å². The topological polar surface area (TPSA) is 12.5 Å². The second kappa shape index (κ2) is 8.61. The maximum Gasteiger partial charge on any atom is 0.118 e. The monoisotopic (exact) mass is 259 g/mol. The molecule has 1 aromatic rings. The van der Waals surface area contributed by atoms with Crippen molar-refractivity contribution >= 4 is 0 Å². The van der Waals surface area contributed by atoms with Gasteiger partial charge in [-0.1, -0.05) is 39.0 Å². The molecule has 0 bridgehead atoms. The van der Waals surface area contributed by atoms with Crippen LogP contribution in [0.25, 0.3) is 0 Å². The summed E-state index contributed by atoms with van der Waals surface area (Å²) in [6.45, 7) is 8.71. The van der Waals surface area contributed by atoms with Crippen LogP contribution >= 0.6 is 0 Å². The van der Waals surface area contributed by atoms with Gasteiger partial charge in [0.25, 0.3) is 0 Å². The van der Waals surface area contributed by atoms with Crippen LogP contribution in [0.5, 0.6) is 5.75 Å². The minimum atomic E-state index is 0.363. The fraction of sp³-hybridized carbons (Fsp3) is 0.529. The molecular formula is C17H25NO. The molecule has 2 nitrogen and oxygen atoms in total. The van der Waals surface area contributed by atoms with Crippen molar-refractivity contribution < 1.29 is 4.74 Å². The van der Waals surface area contributed by atoms with E-state index in [4.69, 9.17) is 4.74 Å². The first-order valence-corrected chi connectivity index (χ1v) is 7.14. The lowest BCUT2D eigenvalue weighted by Gasteiger charge is -2.24. The normalized spacial score (nSPS) is 11.8. The zero-order valence-corrected chi connectivity index (χ0v) is 12.6. The van der Waals surface area contributed by atoms with Gasteiger partial charge in [0, 0.05) is 5.56 Å². The molecule has 0 aliphatic rings. The van der Waals surface area contributed by atoms with Crippen LogP contribution in [-0.2, 0) is 0 Å². The Bertz CT molecular complexity index is 409. The molecule has 0 aliphatic carbocycles. The first-order chi connectivity index (χ1) is 9.24. The van der Waals surface area contributed by atoms with Gasteiger partial charge in [0.1, 0.15) is 5.75 Å². The zero-order chi connectivity index (χ0) is 14.1. The molecule has 1 aromatic carbocycles. The maximum atomic E-state index is 5.15. The summed E-state index contributed by atoms with van der Waals surface area (Å²) in [7, 11) is 1.68. The summed E-state index contributed by atoms with van der Waals surface area (Å²) in [6, 6.07) is 8.29. The molecule has 0 fully saturated rings. The third-order valence-corrected chi connectivity index (χ3v) is 3.29. The smallest absolute Gasteiger partial charge is 0.118 e. The summed E-state index contributed by atoms with van der Waals surface area (Å²) in [6.07, 6.45) is 2.29. The van der Waals surface area contributed by atoms with Crippen molar-refractivity contribution in [2.24, 2.45) is 0 Å². The molecule has 1 atom stereocenters. The molecule has 0 radical (unpaired) electrons. The molecule has 1 unspecified atom stereocenters. The number of ether oxygens (including phenoxy) is 1. The number of hydrogen-bond acceptors (Lipinski definition) is 2.